The summed E-state index contributed by atoms with van der Waals surface area (Å²) < 4.78 is 0. The van der Waals surface area contributed by atoms with E-state index in [0.29, 0.717) is 0 Å². The van der Waals surface area contributed by atoms with Crippen molar-refractivity contribution in [2.24, 2.45) is 10.6 Å². The van der Waals surface area contributed by atoms with Gasteiger partial charge in [-0.15, -0.1) is 4.91 Å². The van der Waals surface area contributed by atoms with Gasteiger partial charge in [0, 0.05) is 5.18 Å². The lowest BCUT2D eigenvalue weighted by atomic mass is 9.83. The first-order chi connectivity index (χ1) is 6.50. The average Bonchev–Trinajstić information content (AvgIpc) is 2.16. The van der Waals surface area contributed by atoms with Gasteiger partial charge in [-0.2, -0.15) is 0 Å². The molecule has 76 valence electrons. The molecule has 0 atom stereocenters. The van der Waals surface area contributed by atoms with E-state index in [1.165, 1.54) is 0 Å². The van der Waals surface area contributed by atoms with Crippen LogP contribution in [0.25, 0.3) is 0 Å². The first-order valence-corrected chi connectivity index (χ1v) is 4.34. The van der Waals surface area contributed by atoms with Crippen molar-refractivity contribution in [2.75, 3.05) is 0 Å². The van der Waals surface area contributed by atoms with Gasteiger partial charge < -0.3 is 0 Å². The summed E-state index contributed by atoms with van der Waals surface area (Å²) in [6.07, 6.45) is 6.85. The van der Waals surface area contributed by atoms with Crippen LogP contribution in [0.1, 0.15) is 20.8 Å². The Hall–Kier alpha value is -1.51. The highest BCUT2D eigenvalue weighted by molar-refractivity contribution is 5.86. The number of amides is 1. The molecule has 14 heavy (non-hydrogen) atoms. The van der Waals surface area contributed by atoms with Crippen LogP contribution in [0.4, 0.5) is 0 Å². The number of hydrogen-bond acceptors (Lipinski definition) is 2. The largest absolute Gasteiger partial charge is 0.296 e. The summed E-state index contributed by atoms with van der Waals surface area (Å²) in [6.45, 7) is 8.71. The summed E-state index contributed by atoms with van der Waals surface area (Å²) in [5.41, 5.74) is -0.165. The number of rotatable bonds is 4. The van der Waals surface area contributed by atoms with E-state index in [1.807, 2.05) is 6.92 Å². The van der Waals surface area contributed by atoms with E-state index in [4.69, 9.17) is 0 Å². The molecule has 1 amide bonds. The lowest BCUT2D eigenvalue weighted by Gasteiger charge is -2.20. The molecule has 0 aliphatic heterocycles. The van der Waals surface area contributed by atoms with Crippen molar-refractivity contribution < 1.29 is 4.79 Å². The zero-order chi connectivity index (χ0) is 11.2. The molecule has 0 radical (unpaired) electrons. The first kappa shape index (κ1) is 12.5. The maximum Gasteiger partial charge on any atom is 0.296 e. The second kappa shape index (κ2) is 5.27. The van der Waals surface area contributed by atoms with Crippen LogP contribution < -0.4 is 0 Å². The predicted octanol–water partition coefficient (Wildman–Crippen LogP) is 2.99. The molecule has 0 rings (SSSR count). The minimum absolute atomic E-state index is 0.677. The quantitative estimate of drug-likeness (QED) is 0.509. The van der Waals surface area contributed by atoms with Crippen molar-refractivity contribution in [2.45, 2.75) is 20.8 Å². The molecule has 0 fully saturated rings. The standard InChI is InChI=1S/C11H15NO2/c1-5-7-9(8-6-2)11(3,4)10(13)12-14/h5-8H,1H2,2-4H3/b8-6-,9-7+. The minimum atomic E-state index is -0.886. The molecular formula is C11H15NO2. The third-order valence-corrected chi connectivity index (χ3v) is 1.98. The maximum atomic E-state index is 11.2. The smallest absolute Gasteiger partial charge is 0.268 e. The van der Waals surface area contributed by atoms with E-state index in [1.54, 1.807) is 38.2 Å². The third kappa shape index (κ3) is 2.76. The number of carbonyl (C=O) groups excluding carboxylic acids is 1. The Kier molecular flexibility index (Phi) is 4.70. The molecule has 0 aromatic carbocycles. The summed E-state index contributed by atoms with van der Waals surface area (Å²) in [4.78, 5) is 21.4. The molecule has 0 unspecified atom stereocenters. The van der Waals surface area contributed by atoms with Crippen LogP contribution in [-0.4, -0.2) is 5.91 Å². The lowest BCUT2D eigenvalue weighted by molar-refractivity contribution is -0.124. The van der Waals surface area contributed by atoms with Crippen molar-refractivity contribution in [3.05, 3.63) is 41.4 Å². The highest BCUT2D eigenvalue weighted by Gasteiger charge is 2.31. The Morgan fingerprint density at radius 1 is 1.43 bits per heavy atom. The molecular weight excluding hydrogens is 178 g/mol. The molecule has 0 aliphatic carbocycles. The first-order valence-electron chi connectivity index (χ1n) is 4.34. The summed E-state index contributed by atoms with van der Waals surface area (Å²) in [7, 11) is 0. The van der Waals surface area contributed by atoms with Gasteiger partial charge in [0.15, 0.2) is 0 Å². The molecule has 0 heterocycles. The maximum absolute atomic E-state index is 11.2. The molecule has 3 nitrogen and oxygen atoms in total. The normalized spacial score (nSPS) is 12.9. The molecule has 0 spiro atoms. The van der Waals surface area contributed by atoms with Crippen molar-refractivity contribution in [3.8, 4) is 0 Å². The van der Waals surface area contributed by atoms with Gasteiger partial charge in [-0.05, 0) is 26.3 Å². The van der Waals surface area contributed by atoms with Crippen molar-refractivity contribution in [1.29, 1.82) is 0 Å². The van der Waals surface area contributed by atoms with Crippen LogP contribution in [0.3, 0.4) is 0 Å². The van der Waals surface area contributed by atoms with Crippen molar-refractivity contribution in [1.82, 2.24) is 0 Å². The highest BCUT2D eigenvalue weighted by atomic mass is 16.3. The van der Waals surface area contributed by atoms with Gasteiger partial charge in [-0.25, -0.2) is 0 Å². The Balaban J connectivity index is 5.18. The molecule has 0 N–H and O–H groups in total. The van der Waals surface area contributed by atoms with Gasteiger partial charge >= 0.3 is 0 Å². The second-order valence-corrected chi connectivity index (χ2v) is 3.38. The molecule has 0 aliphatic rings. The average molecular weight is 193 g/mol. The Bertz CT molecular complexity index is 298. The SMILES string of the molecule is C=C/C=C(\C=C/C)C(C)(C)C(=O)N=O. The number of allylic oxidation sites excluding steroid dienone is 4. The van der Waals surface area contributed by atoms with Gasteiger partial charge in [0.1, 0.15) is 0 Å². The topological polar surface area (TPSA) is 46.5 Å². The van der Waals surface area contributed by atoms with Crippen molar-refractivity contribution in [3.63, 3.8) is 0 Å². The van der Waals surface area contributed by atoms with Crippen LogP contribution in [-0.2, 0) is 4.79 Å². The Morgan fingerprint density at radius 3 is 2.36 bits per heavy atom. The summed E-state index contributed by atoms with van der Waals surface area (Å²) >= 11 is 0. The minimum Gasteiger partial charge on any atom is -0.268 e. The number of carbonyl (C=O) groups is 1. The van der Waals surface area contributed by atoms with Crippen molar-refractivity contribution >= 4 is 5.91 Å². The van der Waals surface area contributed by atoms with Crippen LogP contribution in [0, 0.1) is 10.3 Å². The van der Waals surface area contributed by atoms with Gasteiger partial charge in [0.2, 0.25) is 0 Å². The number of hydrogen-bond donors (Lipinski definition) is 0. The fraction of sp³-hybridized carbons (Fsp3) is 0.364. The zero-order valence-corrected chi connectivity index (χ0v) is 8.78. The van der Waals surface area contributed by atoms with Crippen LogP contribution in [0.5, 0.6) is 0 Å². The van der Waals surface area contributed by atoms with Crippen LogP contribution in [0.15, 0.2) is 41.6 Å². The van der Waals surface area contributed by atoms with E-state index in [2.05, 4.69) is 11.8 Å². The van der Waals surface area contributed by atoms with E-state index >= 15 is 0 Å². The number of nitrogens with zero attached hydrogens (tertiary/aromatic N) is 1. The highest BCUT2D eigenvalue weighted by Crippen LogP contribution is 2.29. The van der Waals surface area contributed by atoms with E-state index in [9.17, 15) is 9.70 Å². The summed E-state index contributed by atoms with van der Waals surface area (Å²) in [6, 6.07) is 0. The van der Waals surface area contributed by atoms with Crippen LogP contribution in [0.2, 0.25) is 0 Å². The molecule has 0 saturated heterocycles. The zero-order valence-electron chi connectivity index (χ0n) is 8.78. The Morgan fingerprint density at radius 2 is 2.00 bits per heavy atom. The predicted molar refractivity (Wildman–Crippen MR) is 57.7 cm³/mol. The van der Waals surface area contributed by atoms with E-state index in [-0.39, 0.29) is 0 Å². The molecule has 0 bridgehead atoms. The van der Waals surface area contributed by atoms with Crippen LogP contribution >= 0.6 is 0 Å². The molecule has 0 aromatic rings. The lowest BCUT2D eigenvalue weighted by Crippen LogP contribution is -2.23. The van der Waals surface area contributed by atoms with Gasteiger partial charge in [-0.1, -0.05) is 30.9 Å². The molecule has 0 aromatic heterocycles. The van der Waals surface area contributed by atoms with Gasteiger partial charge in [0.05, 0.1) is 5.41 Å². The summed E-state index contributed by atoms with van der Waals surface area (Å²) in [5.74, 6) is -0.677. The third-order valence-electron chi connectivity index (χ3n) is 1.98. The fourth-order valence-electron chi connectivity index (χ4n) is 1.02. The van der Waals surface area contributed by atoms with Gasteiger partial charge in [-0.3, -0.25) is 4.79 Å². The Labute approximate surface area is 84.2 Å². The monoisotopic (exact) mass is 193 g/mol. The van der Waals surface area contributed by atoms with E-state index < -0.39 is 11.3 Å². The summed E-state index contributed by atoms with van der Waals surface area (Å²) in [5, 5.41) is 2.45. The molecule has 0 saturated carbocycles. The fourth-order valence-corrected chi connectivity index (χ4v) is 1.02. The second-order valence-electron chi connectivity index (χ2n) is 3.38. The molecule has 3 heteroatoms. The number of nitroso groups, excluding NO2 is 1. The van der Waals surface area contributed by atoms with E-state index in [0.717, 1.165) is 5.57 Å². The van der Waals surface area contributed by atoms with Gasteiger partial charge in [0.25, 0.3) is 5.91 Å².